The van der Waals surface area contributed by atoms with Gasteiger partial charge in [-0.3, -0.25) is 0 Å². The van der Waals surface area contributed by atoms with Crippen LogP contribution in [-0.4, -0.2) is 29.4 Å². The summed E-state index contributed by atoms with van der Waals surface area (Å²) in [5.74, 6) is 0. The SMILES string of the molecule is CCCCCCCCCCCC(O)CCCC(CCCCCCCC)S(=O)(=O)[O-].[Na+]. The molecule has 0 heterocycles. The standard InChI is InChI=1S/C24H50O4S.Na/c1-3-5-7-9-11-12-13-14-16-19-23(25)20-18-22-24(29(26,27)28)21-17-15-10-8-6-4-2;/h23-25H,3-22H2,1-2H3,(H,26,27,28);/q;+1/p-1. The largest absolute Gasteiger partial charge is 1.00 e. The van der Waals surface area contributed by atoms with E-state index in [1.54, 1.807) is 0 Å². The van der Waals surface area contributed by atoms with E-state index in [1.807, 2.05) is 0 Å². The molecule has 0 bridgehead atoms. The van der Waals surface area contributed by atoms with Crippen molar-refractivity contribution in [2.45, 2.75) is 154 Å². The van der Waals surface area contributed by atoms with Crippen LogP contribution in [0.2, 0.25) is 0 Å². The smallest absolute Gasteiger partial charge is 0.748 e. The summed E-state index contributed by atoms with van der Waals surface area (Å²) in [5, 5.41) is 9.36. The third-order valence-corrected chi connectivity index (χ3v) is 7.28. The minimum Gasteiger partial charge on any atom is -0.748 e. The Morgan fingerprint density at radius 1 is 0.600 bits per heavy atom. The molecule has 176 valence electrons. The van der Waals surface area contributed by atoms with Gasteiger partial charge in [-0.1, -0.05) is 110 Å². The number of aliphatic hydroxyl groups is 1. The van der Waals surface area contributed by atoms with Gasteiger partial charge in [0.2, 0.25) is 0 Å². The predicted octanol–water partition coefficient (Wildman–Crippen LogP) is 4.11. The average Bonchev–Trinajstić information content (AvgIpc) is 2.67. The first-order valence-electron chi connectivity index (χ1n) is 12.5. The summed E-state index contributed by atoms with van der Waals surface area (Å²) in [6.07, 6.45) is 20.5. The van der Waals surface area contributed by atoms with Crippen LogP contribution in [0.4, 0.5) is 0 Å². The normalized spacial score (nSPS) is 13.7. The maximum atomic E-state index is 11.5. The minimum absolute atomic E-state index is 0. The molecule has 0 spiro atoms. The van der Waals surface area contributed by atoms with Crippen LogP contribution in [0.5, 0.6) is 0 Å². The Morgan fingerprint density at radius 3 is 1.37 bits per heavy atom. The summed E-state index contributed by atoms with van der Waals surface area (Å²) < 4.78 is 34.5. The molecule has 0 rings (SSSR count). The van der Waals surface area contributed by atoms with E-state index in [1.165, 1.54) is 70.6 Å². The van der Waals surface area contributed by atoms with Crippen molar-refractivity contribution in [2.75, 3.05) is 0 Å². The van der Waals surface area contributed by atoms with Crippen molar-refractivity contribution < 1.29 is 47.6 Å². The third-order valence-electron chi connectivity index (χ3n) is 5.99. The van der Waals surface area contributed by atoms with Crippen LogP contribution in [0.1, 0.15) is 142 Å². The van der Waals surface area contributed by atoms with Gasteiger partial charge < -0.3 is 9.66 Å². The van der Waals surface area contributed by atoms with Crippen LogP contribution in [-0.2, 0) is 10.1 Å². The Labute approximate surface area is 210 Å². The topological polar surface area (TPSA) is 77.4 Å². The molecular formula is C24H49NaO4S. The number of unbranched alkanes of at least 4 members (excludes halogenated alkanes) is 13. The van der Waals surface area contributed by atoms with Gasteiger partial charge in [0.1, 0.15) is 0 Å². The fourth-order valence-electron chi connectivity index (χ4n) is 4.00. The van der Waals surface area contributed by atoms with Crippen LogP contribution >= 0.6 is 0 Å². The number of rotatable bonds is 22. The molecule has 0 aliphatic heterocycles. The Balaban J connectivity index is 0. The van der Waals surface area contributed by atoms with Gasteiger partial charge in [0, 0.05) is 5.25 Å². The molecule has 30 heavy (non-hydrogen) atoms. The summed E-state index contributed by atoms with van der Waals surface area (Å²) in [6.45, 7) is 4.41. The molecule has 0 radical (unpaired) electrons. The zero-order valence-corrected chi connectivity index (χ0v) is 23.2. The Bertz CT molecular complexity index is 442. The molecule has 2 atom stereocenters. The van der Waals surface area contributed by atoms with Gasteiger partial charge in [0.05, 0.1) is 16.2 Å². The minimum atomic E-state index is -4.23. The molecular weight excluding hydrogens is 407 g/mol. The molecule has 0 fully saturated rings. The van der Waals surface area contributed by atoms with Gasteiger partial charge >= 0.3 is 29.6 Å². The number of hydrogen-bond donors (Lipinski definition) is 1. The van der Waals surface area contributed by atoms with E-state index in [2.05, 4.69) is 13.8 Å². The van der Waals surface area contributed by atoms with Gasteiger partial charge in [-0.05, 0) is 32.1 Å². The summed E-state index contributed by atoms with van der Waals surface area (Å²) in [6, 6.07) is 0. The summed E-state index contributed by atoms with van der Waals surface area (Å²) >= 11 is 0. The molecule has 0 aromatic rings. The summed E-state index contributed by atoms with van der Waals surface area (Å²) in [7, 11) is -4.23. The van der Waals surface area contributed by atoms with E-state index >= 15 is 0 Å². The van der Waals surface area contributed by atoms with Gasteiger partial charge in [-0.15, -0.1) is 0 Å². The number of aliphatic hydroxyl groups excluding tert-OH is 1. The molecule has 4 nitrogen and oxygen atoms in total. The summed E-state index contributed by atoms with van der Waals surface area (Å²) in [4.78, 5) is 0. The van der Waals surface area contributed by atoms with E-state index in [4.69, 9.17) is 0 Å². The van der Waals surface area contributed by atoms with Crippen molar-refractivity contribution in [2.24, 2.45) is 0 Å². The van der Waals surface area contributed by atoms with Crippen molar-refractivity contribution in [1.29, 1.82) is 0 Å². The van der Waals surface area contributed by atoms with E-state index < -0.39 is 15.4 Å². The van der Waals surface area contributed by atoms with E-state index in [-0.39, 0.29) is 35.7 Å². The van der Waals surface area contributed by atoms with Crippen LogP contribution in [0, 0.1) is 0 Å². The van der Waals surface area contributed by atoms with Gasteiger partial charge in [-0.25, -0.2) is 8.42 Å². The van der Waals surface area contributed by atoms with Gasteiger partial charge in [-0.2, -0.15) is 0 Å². The monoisotopic (exact) mass is 456 g/mol. The van der Waals surface area contributed by atoms with Crippen molar-refractivity contribution >= 4 is 10.1 Å². The Morgan fingerprint density at radius 2 is 0.933 bits per heavy atom. The Kier molecular flexibility index (Phi) is 25.4. The summed E-state index contributed by atoms with van der Waals surface area (Å²) in [5.41, 5.74) is 0. The van der Waals surface area contributed by atoms with Crippen LogP contribution in [0.15, 0.2) is 0 Å². The van der Waals surface area contributed by atoms with E-state index in [0.29, 0.717) is 25.7 Å². The van der Waals surface area contributed by atoms with Crippen LogP contribution in [0.3, 0.4) is 0 Å². The molecule has 0 aliphatic rings. The second kappa shape index (κ2) is 23.0. The van der Waals surface area contributed by atoms with E-state index in [0.717, 1.165) is 32.1 Å². The molecule has 6 heteroatoms. The first-order chi connectivity index (χ1) is 13.9. The zero-order valence-electron chi connectivity index (χ0n) is 20.4. The first-order valence-corrected chi connectivity index (χ1v) is 14.0. The first kappa shape index (κ1) is 33.0. The molecule has 0 amide bonds. The second-order valence-electron chi connectivity index (χ2n) is 8.87. The second-order valence-corrected chi connectivity index (χ2v) is 10.5. The quantitative estimate of drug-likeness (QED) is 0.151. The number of hydrogen-bond acceptors (Lipinski definition) is 4. The van der Waals surface area contributed by atoms with Crippen molar-refractivity contribution in [3.63, 3.8) is 0 Å². The molecule has 0 aliphatic carbocycles. The fraction of sp³-hybridized carbons (Fsp3) is 1.00. The molecule has 0 aromatic heterocycles. The fourth-order valence-corrected chi connectivity index (χ4v) is 4.91. The predicted molar refractivity (Wildman–Crippen MR) is 123 cm³/mol. The van der Waals surface area contributed by atoms with Crippen molar-refractivity contribution in [3.8, 4) is 0 Å². The maximum absolute atomic E-state index is 11.5. The Hall–Kier alpha value is 0.870. The molecule has 0 saturated heterocycles. The maximum Gasteiger partial charge on any atom is 1.00 e. The van der Waals surface area contributed by atoms with Crippen LogP contribution in [0.25, 0.3) is 0 Å². The average molecular weight is 457 g/mol. The third kappa shape index (κ3) is 22.1. The van der Waals surface area contributed by atoms with Crippen molar-refractivity contribution in [3.05, 3.63) is 0 Å². The van der Waals surface area contributed by atoms with E-state index in [9.17, 15) is 18.1 Å². The van der Waals surface area contributed by atoms with Gasteiger partial charge in [0.15, 0.2) is 0 Å². The zero-order chi connectivity index (χ0) is 21.8. The van der Waals surface area contributed by atoms with Gasteiger partial charge in [0.25, 0.3) is 0 Å². The molecule has 0 saturated carbocycles. The molecule has 2 unspecified atom stereocenters. The van der Waals surface area contributed by atoms with Crippen molar-refractivity contribution in [1.82, 2.24) is 0 Å². The molecule has 1 N–H and O–H groups in total. The van der Waals surface area contributed by atoms with Crippen LogP contribution < -0.4 is 29.6 Å². The molecule has 0 aromatic carbocycles.